The van der Waals surface area contributed by atoms with E-state index in [9.17, 15) is 5.11 Å². The Morgan fingerprint density at radius 3 is 2.47 bits per heavy atom. The predicted molar refractivity (Wildman–Crippen MR) is 73.0 cm³/mol. The Labute approximate surface area is 107 Å². The molecule has 0 spiro atoms. The van der Waals surface area contributed by atoms with Crippen molar-refractivity contribution in [3.63, 3.8) is 0 Å². The Hall–Kier alpha value is -0.0400. The highest BCUT2D eigenvalue weighted by Crippen LogP contribution is 2.47. The van der Waals surface area contributed by atoms with Crippen LogP contribution < -0.4 is 0 Å². The summed E-state index contributed by atoms with van der Waals surface area (Å²) in [6, 6.07) is 0. The Morgan fingerprint density at radius 2 is 1.76 bits per heavy atom. The van der Waals surface area contributed by atoms with Crippen molar-refractivity contribution < 1.29 is 5.11 Å². The van der Waals surface area contributed by atoms with E-state index in [-0.39, 0.29) is 5.60 Å². The summed E-state index contributed by atoms with van der Waals surface area (Å²) in [6.45, 7) is 2.26. The highest BCUT2D eigenvalue weighted by atomic mass is 16.3. The van der Waals surface area contributed by atoms with Gasteiger partial charge in [0.15, 0.2) is 0 Å². The van der Waals surface area contributed by atoms with Crippen molar-refractivity contribution in [2.45, 2.75) is 89.6 Å². The topological polar surface area (TPSA) is 20.2 Å². The van der Waals surface area contributed by atoms with E-state index in [1.54, 1.807) is 0 Å². The summed E-state index contributed by atoms with van der Waals surface area (Å²) in [5.74, 6) is 1.85. The van der Waals surface area contributed by atoms with Crippen LogP contribution in [0.1, 0.15) is 84.0 Å². The molecule has 0 heterocycles. The number of unbranched alkanes of at least 4 members (excludes halogenated alkanes) is 4. The molecule has 0 aromatic rings. The fourth-order valence-corrected chi connectivity index (χ4v) is 3.64. The second kappa shape index (κ2) is 6.22. The van der Waals surface area contributed by atoms with Crippen molar-refractivity contribution in [1.82, 2.24) is 0 Å². The van der Waals surface area contributed by atoms with Gasteiger partial charge in [0.25, 0.3) is 0 Å². The lowest BCUT2D eigenvalue weighted by Crippen LogP contribution is -2.35. The van der Waals surface area contributed by atoms with Crippen LogP contribution in [0, 0.1) is 11.8 Å². The molecule has 0 bridgehead atoms. The number of rotatable bonds is 7. The third-order valence-corrected chi connectivity index (χ3v) is 4.89. The minimum atomic E-state index is -0.280. The van der Waals surface area contributed by atoms with E-state index in [1.807, 2.05) is 0 Å². The maximum Gasteiger partial charge on any atom is 0.0650 e. The SMILES string of the molecule is CCCCCCCC1(O)CCCC(C2CC2)C1. The second-order valence-corrected chi connectivity index (χ2v) is 6.58. The second-order valence-electron chi connectivity index (χ2n) is 6.58. The quantitative estimate of drug-likeness (QED) is 0.639. The minimum absolute atomic E-state index is 0.280. The van der Waals surface area contributed by atoms with Gasteiger partial charge in [0.1, 0.15) is 0 Å². The molecule has 2 rings (SSSR count). The van der Waals surface area contributed by atoms with Crippen molar-refractivity contribution in [1.29, 1.82) is 0 Å². The lowest BCUT2D eigenvalue weighted by molar-refractivity contribution is -0.0287. The van der Waals surface area contributed by atoms with Crippen LogP contribution in [-0.2, 0) is 0 Å². The van der Waals surface area contributed by atoms with Gasteiger partial charge in [0.05, 0.1) is 5.60 Å². The lowest BCUT2D eigenvalue weighted by Gasteiger charge is -2.37. The van der Waals surface area contributed by atoms with Gasteiger partial charge in [-0.05, 0) is 50.4 Å². The summed E-state index contributed by atoms with van der Waals surface area (Å²) in [7, 11) is 0. The van der Waals surface area contributed by atoms with Gasteiger partial charge in [-0.1, -0.05) is 45.4 Å². The first-order valence-electron chi connectivity index (χ1n) is 7.96. The summed E-state index contributed by atoms with van der Waals surface area (Å²) in [6.07, 6.45) is 15.4. The fourth-order valence-electron chi connectivity index (χ4n) is 3.64. The first-order valence-corrected chi connectivity index (χ1v) is 7.96. The van der Waals surface area contributed by atoms with E-state index >= 15 is 0 Å². The van der Waals surface area contributed by atoms with Crippen LogP contribution in [0.25, 0.3) is 0 Å². The number of aliphatic hydroxyl groups is 1. The molecule has 2 saturated carbocycles. The van der Waals surface area contributed by atoms with E-state index in [4.69, 9.17) is 0 Å². The van der Waals surface area contributed by atoms with Crippen LogP contribution >= 0.6 is 0 Å². The molecule has 1 nitrogen and oxygen atoms in total. The van der Waals surface area contributed by atoms with E-state index in [1.165, 1.54) is 57.8 Å². The molecule has 0 saturated heterocycles. The average molecular weight is 238 g/mol. The van der Waals surface area contributed by atoms with Gasteiger partial charge in [-0.15, -0.1) is 0 Å². The maximum atomic E-state index is 10.7. The predicted octanol–water partition coefficient (Wildman–Crippen LogP) is 4.68. The Balaban J connectivity index is 1.66. The van der Waals surface area contributed by atoms with Crippen LogP contribution in [0.2, 0.25) is 0 Å². The molecular formula is C16H30O. The first kappa shape index (κ1) is 13.4. The molecule has 0 aliphatic heterocycles. The molecule has 0 aromatic carbocycles. The summed E-state index contributed by atoms with van der Waals surface area (Å²) in [5, 5.41) is 10.7. The summed E-state index contributed by atoms with van der Waals surface area (Å²) < 4.78 is 0. The van der Waals surface area contributed by atoms with Gasteiger partial charge < -0.3 is 5.11 Å². The van der Waals surface area contributed by atoms with Crippen molar-refractivity contribution in [3.8, 4) is 0 Å². The molecule has 2 fully saturated rings. The average Bonchev–Trinajstić information content (AvgIpc) is 3.12. The monoisotopic (exact) mass is 238 g/mol. The maximum absolute atomic E-state index is 10.7. The standard InChI is InChI=1S/C16H30O/c1-2-3-4-5-6-11-16(17)12-7-8-15(13-16)14-9-10-14/h14-15,17H,2-13H2,1H3. The molecule has 2 atom stereocenters. The Bertz CT molecular complexity index is 222. The largest absolute Gasteiger partial charge is 0.390 e. The van der Waals surface area contributed by atoms with Gasteiger partial charge in [0.2, 0.25) is 0 Å². The van der Waals surface area contributed by atoms with E-state index in [2.05, 4.69) is 6.92 Å². The molecule has 2 unspecified atom stereocenters. The van der Waals surface area contributed by atoms with Crippen molar-refractivity contribution in [3.05, 3.63) is 0 Å². The van der Waals surface area contributed by atoms with E-state index < -0.39 is 0 Å². The molecule has 1 heteroatoms. The van der Waals surface area contributed by atoms with Gasteiger partial charge >= 0.3 is 0 Å². The zero-order valence-electron chi connectivity index (χ0n) is 11.6. The van der Waals surface area contributed by atoms with Crippen LogP contribution in [0.5, 0.6) is 0 Å². The first-order chi connectivity index (χ1) is 8.23. The van der Waals surface area contributed by atoms with Gasteiger partial charge in [0, 0.05) is 0 Å². The van der Waals surface area contributed by atoms with Crippen LogP contribution in [0.4, 0.5) is 0 Å². The fraction of sp³-hybridized carbons (Fsp3) is 1.00. The normalized spacial score (nSPS) is 33.9. The number of hydrogen-bond acceptors (Lipinski definition) is 1. The third-order valence-electron chi connectivity index (χ3n) is 4.89. The van der Waals surface area contributed by atoms with Crippen molar-refractivity contribution in [2.24, 2.45) is 11.8 Å². The molecule has 2 aliphatic carbocycles. The van der Waals surface area contributed by atoms with Gasteiger partial charge in [-0.3, -0.25) is 0 Å². The smallest absolute Gasteiger partial charge is 0.0650 e. The minimum Gasteiger partial charge on any atom is -0.390 e. The highest BCUT2D eigenvalue weighted by Gasteiger charge is 2.40. The number of hydrogen-bond donors (Lipinski definition) is 1. The van der Waals surface area contributed by atoms with Gasteiger partial charge in [-0.2, -0.15) is 0 Å². The van der Waals surface area contributed by atoms with Crippen molar-refractivity contribution >= 4 is 0 Å². The summed E-state index contributed by atoms with van der Waals surface area (Å²) in [5.41, 5.74) is -0.280. The molecule has 2 aliphatic rings. The third kappa shape index (κ3) is 4.28. The Kier molecular flexibility index (Phi) is 4.90. The zero-order valence-corrected chi connectivity index (χ0v) is 11.6. The van der Waals surface area contributed by atoms with Crippen LogP contribution in [0.3, 0.4) is 0 Å². The van der Waals surface area contributed by atoms with E-state index in [0.717, 1.165) is 31.1 Å². The highest BCUT2D eigenvalue weighted by molar-refractivity contribution is 4.92. The molecule has 100 valence electrons. The summed E-state index contributed by atoms with van der Waals surface area (Å²) in [4.78, 5) is 0. The molecule has 1 N–H and O–H groups in total. The Morgan fingerprint density at radius 1 is 1.00 bits per heavy atom. The summed E-state index contributed by atoms with van der Waals surface area (Å²) >= 11 is 0. The van der Waals surface area contributed by atoms with E-state index in [0.29, 0.717) is 0 Å². The molecule has 0 radical (unpaired) electrons. The zero-order chi connectivity index (χ0) is 12.1. The molecule has 0 amide bonds. The molecular weight excluding hydrogens is 208 g/mol. The van der Waals surface area contributed by atoms with Crippen LogP contribution in [-0.4, -0.2) is 10.7 Å². The molecule has 17 heavy (non-hydrogen) atoms. The van der Waals surface area contributed by atoms with Crippen LogP contribution in [0.15, 0.2) is 0 Å². The van der Waals surface area contributed by atoms with Gasteiger partial charge in [-0.25, -0.2) is 0 Å². The lowest BCUT2D eigenvalue weighted by atomic mass is 9.74. The molecule has 0 aromatic heterocycles. The van der Waals surface area contributed by atoms with Crippen molar-refractivity contribution in [2.75, 3.05) is 0 Å².